The van der Waals surface area contributed by atoms with Crippen molar-refractivity contribution in [2.75, 3.05) is 27.2 Å². The third kappa shape index (κ3) is 7.08. The van der Waals surface area contributed by atoms with Crippen LogP contribution in [0.25, 0.3) is 0 Å². The maximum atomic E-state index is 11.7. The number of amides is 1. The standard InChI is InChI=1S/C16H25N5O3/c1-12(2)9-17-16(19-11-15(22)20(3)4)18-10-13-5-7-14(8-6-13)21(23)24/h5-8,12H,9-11H2,1-4H3,(H2,17,18,19). The molecule has 0 bridgehead atoms. The number of nitro groups is 1. The minimum absolute atomic E-state index is 0.0515. The summed E-state index contributed by atoms with van der Waals surface area (Å²) in [5.74, 6) is 0.919. The Bertz CT molecular complexity index is 582. The van der Waals surface area contributed by atoms with E-state index >= 15 is 0 Å². The van der Waals surface area contributed by atoms with Crippen molar-refractivity contribution in [3.05, 3.63) is 39.9 Å². The molecule has 0 aliphatic carbocycles. The number of rotatable bonds is 7. The lowest BCUT2D eigenvalue weighted by atomic mass is 10.2. The first-order valence-corrected chi connectivity index (χ1v) is 7.75. The van der Waals surface area contributed by atoms with E-state index in [9.17, 15) is 14.9 Å². The fourth-order valence-electron chi connectivity index (χ4n) is 1.69. The van der Waals surface area contributed by atoms with Crippen LogP contribution in [0.15, 0.2) is 29.3 Å². The lowest BCUT2D eigenvalue weighted by Crippen LogP contribution is -2.44. The maximum Gasteiger partial charge on any atom is 0.269 e. The summed E-state index contributed by atoms with van der Waals surface area (Å²) in [7, 11) is 3.39. The van der Waals surface area contributed by atoms with E-state index in [0.29, 0.717) is 18.4 Å². The lowest BCUT2D eigenvalue weighted by molar-refractivity contribution is -0.384. The van der Waals surface area contributed by atoms with E-state index in [-0.39, 0.29) is 18.1 Å². The molecule has 1 rings (SSSR count). The number of benzene rings is 1. The third-order valence-corrected chi connectivity index (χ3v) is 3.15. The number of carbonyl (C=O) groups is 1. The molecule has 0 fully saturated rings. The second-order valence-electron chi connectivity index (χ2n) is 6.00. The van der Waals surface area contributed by atoms with E-state index in [1.807, 2.05) is 0 Å². The lowest BCUT2D eigenvalue weighted by Gasteiger charge is -2.16. The van der Waals surface area contributed by atoms with Crippen LogP contribution in [0.2, 0.25) is 0 Å². The van der Waals surface area contributed by atoms with Gasteiger partial charge in [-0.15, -0.1) is 0 Å². The van der Waals surface area contributed by atoms with Gasteiger partial charge in [0, 0.05) is 32.8 Å². The molecule has 0 atom stereocenters. The average Bonchev–Trinajstić information content (AvgIpc) is 2.53. The largest absolute Gasteiger partial charge is 0.356 e. The number of nitrogens with zero attached hydrogens (tertiary/aromatic N) is 3. The van der Waals surface area contributed by atoms with Crippen LogP contribution >= 0.6 is 0 Å². The molecule has 1 amide bonds. The van der Waals surface area contributed by atoms with Gasteiger partial charge in [-0.1, -0.05) is 26.0 Å². The zero-order chi connectivity index (χ0) is 18.1. The Morgan fingerprint density at radius 2 is 1.88 bits per heavy atom. The summed E-state index contributed by atoms with van der Waals surface area (Å²) in [6, 6.07) is 6.25. The van der Waals surface area contributed by atoms with Crippen molar-refractivity contribution >= 4 is 17.6 Å². The van der Waals surface area contributed by atoms with Crippen LogP contribution in [0.4, 0.5) is 5.69 Å². The molecule has 0 heterocycles. The van der Waals surface area contributed by atoms with Gasteiger partial charge in [-0.05, 0) is 11.5 Å². The number of nitro benzene ring substituents is 1. The van der Waals surface area contributed by atoms with Gasteiger partial charge in [0.25, 0.3) is 5.69 Å². The van der Waals surface area contributed by atoms with Gasteiger partial charge in [0.1, 0.15) is 0 Å². The normalized spacial score (nSPS) is 11.3. The highest BCUT2D eigenvalue weighted by atomic mass is 16.6. The number of likely N-dealkylation sites (N-methyl/N-ethyl adjacent to an activating group) is 1. The van der Waals surface area contributed by atoms with Crippen molar-refractivity contribution in [2.24, 2.45) is 10.9 Å². The molecule has 24 heavy (non-hydrogen) atoms. The second kappa shape index (κ2) is 9.49. The highest BCUT2D eigenvalue weighted by Crippen LogP contribution is 2.12. The molecule has 0 aliphatic heterocycles. The second-order valence-corrected chi connectivity index (χ2v) is 6.00. The zero-order valence-corrected chi connectivity index (χ0v) is 14.6. The number of non-ortho nitro benzene ring substituents is 1. The summed E-state index contributed by atoms with van der Waals surface area (Å²) in [6.45, 7) is 5.39. The van der Waals surface area contributed by atoms with E-state index in [1.54, 1.807) is 26.2 Å². The molecular weight excluding hydrogens is 310 g/mol. The molecule has 0 saturated heterocycles. The molecular formula is C16H25N5O3. The predicted molar refractivity (Wildman–Crippen MR) is 93.8 cm³/mol. The maximum absolute atomic E-state index is 11.7. The predicted octanol–water partition coefficient (Wildman–Crippen LogP) is 1.37. The highest BCUT2D eigenvalue weighted by molar-refractivity contribution is 5.86. The van der Waals surface area contributed by atoms with Crippen LogP contribution < -0.4 is 10.6 Å². The van der Waals surface area contributed by atoms with Gasteiger partial charge in [0.05, 0.1) is 18.0 Å². The SMILES string of the molecule is CC(C)CNC(=NCc1ccc([N+](=O)[O-])cc1)NCC(=O)N(C)C. The number of carbonyl (C=O) groups excluding carboxylic acids is 1. The number of nitrogens with one attached hydrogen (secondary N) is 2. The summed E-state index contributed by atoms with van der Waals surface area (Å²) in [5.41, 5.74) is 0.903. The van der Waals surface area contributed by atoms with Crippen LogP contribution in [-0.4, -0.2) is 48.9 Å². The van der Waals surface area contributed by atoms with E-state index in [4.69, 9.17) is 0 Å². The Hall–Kier alpha value is -2.64. The Balaban J connectivity index is 2.71. The summed E-state index contributed by atoms with van der Waals surface area (Å²) in [5, 5.41) is 16.8. The smallest absolute Gasteiger partial charge is 0.269 e. The molecule has 0 spiro atoms. The molecule has 0 unspecified atom stereocenters. The van der Waals surface area contributed by atoms with Crippen LogP contribution in [0.3, 0.4) is 0 Å². The van der Waals surface area contributed by atoms with Crippen LogP contribution in [-0.2, 0) is 11.3 Å². The first kappa shape index (κ1) is 19.4. The quantitative estimate of drug-likeness (QED) is 0.339. The molecule has 1 aromatic carbocycles. The Labute approximate surface area is 142 Å². The topological polar surface area (TPSA) is 99.9 Å². The minimum atomic E-state index is -0.433. The van der Waals surface area contributed by atoms with Gasteiger partial charge in [-0.2, -0.15) is 0 Å². The van der Waals surface area contributed by atoms with Crippen molar-refractivity contribution < 1.29 is 9.72 Å². The summed E-state index contributed by atoms with van der Waals surface area (Å²) >= 11 is 0. The van der Waals surface area contributed by atoms with Gasteiger partial charge < -0.3 is 15.5 Å². The first-order chi connectivity index (χ1) is 11.3. The molecule has 132 valence electrons. The monoisotopic (exact) mass is 335 g/mol. The zero-order valence-electron chi connectivity index (χ0n) is 14.6. The van der Waals surface area contributed by atoms with Crippen LogP contribution in [0.5, 0.6) is 0 Å². The van der Waals surface area contributed by atoms with Crippen molar-refractivity contribution in [2.45, 2.75) is 20.4 Å². The molecule has 0 aliphatic rings. The van der Waals surface area contributed by atoms with Crippen molar-refractivity contribution in [3.8, 4) is 0 Å². The molecule has 0 radical (unpaired) electrons. The number of hydrogen-bond acceptors (Lipinski definition) is 4. The van der Waals surface area contributed by atoms with E-state index < -0.39 is 4.92 Å². The first-order valence-electron chi connectivity index (χ1n) is 7.75. The number of aliphatic imine (C=N–C) groups is 1. The van der Waals surface area contributed by atoms with E-state index in [2.05, 4.69) is 29.5 Å². The van der Waals surface area contributed by atoms with Gasteiger partial charge in [-0.3, -0.25) is 14.9 Å². The van der Waals surface area contributed by atoms with Crippen molar-refractivity contribution in [1.82, 2.24) is 15.5 Å². The molecule has 1 aromatic rings. The van der Waals surface area contributed by atoms with Crippen LogP contribution in [0, 0.1) is 16.0 Å². The van der Waals surface area contributed by atoms with Gasteiger partial charge in [0.2, 0.25) is 5.91 Å². The summed E-state index contributed by atoms with van der Waals surface area (Å²) in [6.07, 6.45) is 0. The summed E-state index contributed by atoms with van der Waals surface area (Å²) in [4.78, 5) is 27.8. The van der Waals surface area contributed by atoms with Crippen molar-refractivity contribution in [3.63, 3.8) is 0 Å². The molecule has 8 heteroatoms. The molecule has 0 saturated carbocycles. The fourth-order valence-corrected chi connectivity index (χ4v) is 1.69. The van der Waals surface area contributed by atoms with Gasteiger partial charge >= 0.3 is 0 Å². The molecule has 8 nitrogen and oxygen atoms in total. The molecule has 2 N–H and O–H groups in total. The molecule has 0 aromatic heterocycles. The van der Waals surface area contributed by atoms with Crippen LogP contribution in [0.1, 0.15) is 19.4 Å². The minimum Gasteiger partial charge on any atom is -0.356 e. The fraction of sp³-hybridized carbons (Fsp3) is 0.500. The summed E-state index contributed by atoms with van der Waals surface area (Å²) < 4.78 is 0. The Morgan fingerprint density at radius 3 is 2.38 bits per heavy atom. The average molecular weight is 335 g/mol. The Kier molecular flexibility index (Phi) is 7.67. The third-order valence-electron chi connectivity index (χ3n) is 3.15. The van der Waals surface area contributed by atoms with E-state index in [0.717, 1.165) is 12.1 Å². The number of guanidine groups is 1. The van der Waals surface area contributed by atoms with E-state index in [1.165, 1.54) is 17.0 Å². The van der Waals surface area contributed by atoms with Gasteiger partial charge in [0.15, 0.2) is 5.96 Å². The Morgan fingerprint density at radius 1 is 1.25 bits per heavy atom. The number of hydrogen-bond donors (Lipinski definition) is 2. The highest BCUT2D eigenvalue weighted by Gasteiger charge is 2.07. The van der Waals surface area contributed by atoms with Gasteiger partial charge in [-0.25, -0.2) is 4.99 Å². The van der Waals surface area contributed by atoms with Crippen molar-refractivity contribution in [1.29, 1.82) is 0 Å².